The fourth-order valence-corrected chi connectivity index (χ4v) is 2.20. The first-order valence-corrected chi connectivity index (χ1v) is 5.98. The summed E-state index contributed by atoms with van der Waals surface area (Å²) in [6.07, 6.45) is 6.31. The van der Waals surface area contributed by atoms with Gasteiger partial charge in [-0.25, -0.2) is 0 Å². The summed E-state index contributed by atoms with van der Waals surface area (Å²) >= 11 is 0. The standard InChI is InChI=1S/C11H22N2O/c14-9-1-6-13-7-4-11(5-8-13)12-10-2-3-10/h10-12,14H,1-9H2. The van der Waals surface area contributed by atoms with Crippen LogP contribution < -0.4 is 5.32 Å². The van der Waals surface area contributed by atoms with Gasteiger partial charge in [0.15, 0.2) is 0 Å². The van der Waals surface area contributed by atoms with Crippen molar-refractivity contribution >= 4 is 0 Å². The summed E-state index contributed by atoms with van der Waals surface area (Å²) < 4.78 is 0. The van der Waals surface area contributed by atoms with Gasteiger partial charge >= 0.3 is 0 Å². The van der Waals surface area contributed by atoms with Gasteiger partial charge in [-0.3, -0.25) is 0 Å². The first kappa shape index (κ1) is 10.4. The van der Waals surface area contributed by atoms with Crippen LogP contribution >= 0.6 is 0 Å². The minimum Gasteiger partial charge on any atom is -0.396 e. The molecule has 2 N–H and O–H groups in total. The molecule has 1 heterocycles. The number of likely N-dealkylation sites (tertiary alicyclic amines) is 1. The Labute approximate surface area is 86.5 Å². The second-order valence-corrected chi connectivity index (χ2v) is 4.63. The monoisotopic (exact) mass is 198 g/mol. The third-order valence-corrected chi connectivity index (χ3v) is 3.27. The maximum atomic E-state index is 8.74. The van der Waals surface area contributed by atoms with Crippen molar-refractivity contribution < 1.29 is 5.11 Å². The summed E-state index contributed by atoms with van der Waals surface area (Å²) in [5, 5.41) is 12.4. The maximum Gasteiger partial charge on any atom is 0.0443 e. The normalized spacial score (nSPS) is 25.5. The fraction of sp³-hybridized carbons (Fsp3) is 1.00. The molecule has 2 rings (SSSR count). The van der Waals surface area contributed by atoms with Gasteiger partial charge in [-0.15, -0.1) is 0 Å². The molecule has 1 aliphatic heterocycles. The Bertz CT molecular complexity index is 163. The molecule has 2 aliphatic rings. The zero-order valence-corrected chi connectivity index (χ0v) is 8.91. The second kappa shape index (κ2) is 5.10. The van der Waals surface area contributed by atoms with Crippen molar-refractivity contribution in [3.63, 3.8) is 0 Å². The molecule has 1 aliphatic carbocycles. The first-order valence-electron chi connectivity index (χ1n) is 5.98. The van der Waals surface area contributed by atoms with Crippen LogP contribution in [-0.4, -0.2) is 48.3 Å². The van der Waals surface area contributed by atoms with E-state index in [0.717, 1.165) is 25.0 Å². The molecule has 0 aromatic rings. The van der Waals surface area contributed by atoms with E-state index < -0.39 is 0 Å². The summed E-state index contributed by atoms with van der Waals surface area (Å²) in [7, 11) is 0. The zero-order valence-electron chi connectivity index (χ0n) is 8.91. The molecule has 0 aromatic carbocycles. The number of aliphatic hydroxyl groups is 1. The van der Waals surface area contributed by atoms with Crippen molar-refractivity contribution in [2.75, 3.05) is 26.2 Å². The van der Waals surface area contributed by atoms with Crippen LogP contribution in [0.25, 0.3) is 0 Å². The van der Waals surface area contributed by atoms with Crippen molar-refractivity contribution in [3.8, 4) is 0 Å². The van der Waals surface area contributed by atoms with Gasteiger partial charge in [0.05, 0.1) is 0 Å². The Morgan fingerprint density at radius 2 is 1.71 bits per heavy atom. The van der Waals surface area contributed by atoms with Gasteiger partial charge < -0.3 is 15.3 Å². The number of aliphatic hydroxyl groups excluding tert-OH is 1. The lowest BCUT2D eigenvalue weighted by molar-refractivity contribution is 0.177. The Morgan fingerprint density at radius 3 is 2.29 bits per heavy atom. The van der Waals surface area contributed by atoms with E-state index in [1.165, 1.54) is 38.8 Å². The zero-order chi connectivity index (χ0) is 9.80. The molecule has 0 spiro atoms. The van der Waals surface area contributed by atoms with Crippen LogP contribution in [-0.2, 0) is 0 Å². The third kappa shape index (κ3) is 3.23. The predicted molar refractivity (Wildman–Crippen MR) is 57.3 cm³/mol. The van der Waals surface area contributed by atoms with E-state index in [9.17, 15) is 0 Å². The summed E-state index contributed by atoms with van der Waals surface area (Å²) in [5.74, 6) is 0. The number of hydrogen-bond acceptors (Lipinski definition) is 3. The van der Waals surface area contributed by atoms with Crippen molar-refractivity contribution in [2.24, 2.45) is 0 Å². The highest BCUT2D eigenvalue weighted by atomic mass is 16.3. The van der Waals surface area contributed by atoms with Crippen LogP contribution in [0.5, 0.6) is 0 Å². The summed E-state index contributed by atoms with van der Waals surface area (Å²) in [6.45, 7) is 3.83. The summed E-state index contributed by atoms with van der Waals surface area (Å²) in [4.78, 5) is 2.47. The van der Waals surface area contributed by atoms with Crippen LogP contribution in [0.2, 0.25) is 0 Å². The van der Waals surface area contributed by atoms with Crippen LogP contribution in [0.3, 0.4) is 0 Å². The molecule has 0 aromatic heterocycles. The van der Waals surface area contributed by atoms with Gasteiger partial charge in [-0.05, 0) is 45.2 Å². The molecule has 1 saturated carbocycles. The Balaban J connectivity index is 1.59. The summed E-state index contributed by atoms with van der Waals surface area (Å²) in [6, 6.07) is 1.62. The van der Waals surface area contributed by atoms with E-state index >= 15 is 0 Å². The maximum absolute atomic E-state index is 8.74. The van der Waals surface area contributed by atoms with Gasteiger partial charge in [0.25, 0.3) is 0 Å². The lowest BCUT2D eigenvalue weighted by Gasteiger charge is -2.32. The molecule has 0 radical (unpaired) electrons. The molecule has 14 heavy (non-hydrogen) atoms. The first-order chi connectivity index (χ1) is 6.88. The average molecular weight is 198 g/mol. The van der Waals surface area contributed by atoms with Crippen molar-refractivity contribution in [1.82, 2.24) is 10.2 Å². The van der Waals surface area contributed by atoms with E-state index in [4.69, 9.17) is 5.11 Å². The van der Waals surface area contributed by atoms with Crippen LogP contribution in [0.1, 0.15) is 32.1 Å². The van der Waals surface area contributed by atoms with E-state index in [-0.39, 0.29) is 0 Å². The number of nitrogens with zero attached hydrogens (tertiary/aromatic N) is 1. The van der Waals surface area contributed by atoms with Crippen molar-refractivity contribution in [2.45, 2.75) is 44.2 Å². The largest absolute Gasteiger partial charge is 0.396 e. The smallest absolute Gasteiger partial charge is 0.0443 e. The fourth-order valence-electron chi connectivity index (χ4n) is 2.20. The molecule has 0 atom stereocenters. The molecule has 2 fully saturated rings. The Kier molecular flexibility index (Phi) is 3.79. The number of hydrogen-bond donors (Lipinski definition) is 2. The SMILES string of the molecule is OCCCN1CCC(NC2CC2)CC1. The topological polar surface area (TPSA) is 35.5 Å². The van der Waals surface area contributed by atoms with E-state index in [1.807, 2.05) is 0 Å². The molecule has 1 saturated heterocycles. The minimum absolute atomic E-state index is 0.334. The van der Waals surface area contributed by atoms with Gasteiger partial charge in [0.1, 0.15) is 0 Å². The lowest BCUT2D eigenvalue weighted by atomic mass is 10.0. The number of nitrogens with one attached hydrogen (secondary N) is 1. The molecular formula is C11H22N2O. The molecule has 3 heteroatoms. The van der Waals surface area contributed by atoms with Gasteiger partial charge in [-0.1, -0.05) is 0 Å². The second-order valence-electron chi connectivity index (χ2n) is 4.63. The minimum atomic E-state index is 0.334. The van der Waals surface area contributed by atoms with E-state index in [2.05, 4.69) is 10.2 Å². The van der Waals surface area contributed by atoms with Crippen LogP contribution in [0, 0.1) is 0 Å². The van der Waals surface area contributed by atoms with Crippen molar-refractivity contribution in [3.05, 3.63) is 0 Å². The predicted octanol–water partition coefficient (Wildman–Crippen LogP) is 0.585. The Hall–Kier alpha value is -0.120. The highest BCUT2D eigenvalue weighted by Gasteiger charge is 2.26. The molecule has 0 amide bonds. The van der Waals surface area contributed by atoms with Gasteiger partial charge in [-0.2, -0.15) is 0 Å². The quantitative estimate of drug-likeness (QED) is 0.678. The molecule has 3 nitrogen and oxygen atoms in total. The van der Waals surface area contributed by atoms with Crippen molar-refractivity contribution in [1.29, 1.82) is 0 Å². The molecule has 82 valence electrons. The molecule has 0 bridgehead atoms. The molecule has 0 unspecified atom stereocenters. The van der Waals surface area contributed by atoms with Gasteiger partial charge in [0.2, 0.25) is 0 Å². The Morgan fingerprint density at radius 1 is 1.07 bits per heavy atom. The van der Waals surface area contributed by atoms with Gasteiger partial charge in [0, 0.05) is 25.2 Å². The highest BCUT2D eigenvalue weighted by molar-refractivity contribution is 4.87. The summed E-state index contributed by atoms with van der Waals surface area (Å²) in [5.41, 5.74) is 0. The molecular weight excluding hydrogens is 176 g/mol. The van der Waals surface area contributed by atoms with Crippen LogP contribution in [0.15, 0.2) is 0 Å². The van der Waals surface area contributed by atoms with E-state index in [0.29, 0.717) is 6.61 Å². The van der Waals surface area contributed by atoms with Crippen LogP contribution in [0.4, 0.5) is 0 Å². The average Bonchev–Trinajstić information content (AvgIpc) is 3.01. The lowest BCUT2D eigenvalue weighted by Crippen LogP contribution is -2.43. The number of piperidine rings is 1. The van der Waals surface area contributed by atoms with E-state index in [1.54, 1.807) is 0 Å². The number of rotatable bonds is 5. The third-order valence-electron chi connectivity index (χ3n) is 3.27. The highest BCUT2D eigenvalue weighted by Crippen LogP contribution is 2.22.